The van der Waals surface area contributed by atoms with Gasteiger partial charge in [-0.15, -0.1) is 24.0 Å². The number of aliphatic imine (C=N–C) groups is 1. The van der Waals surface area contributed by atoms with Crippen molar-refractivity contribution in [1.82, 2.24) is 10.6 Å². The van der Waals surface area contributed by atoms with E-state index in [9.17, 15) is 8.42 Å². The van der Waals surface area contributed by atoms with Crippen LogP contribution < -0.4 is 20.1 Å². The molecule has 7 nitrogen and oxygen atoms in total. The van der Waals surface area contributed by atoms with Crippen LogP contribution in [-0.2, 0) is 22.8 Å². The lowest BCUT2D eigenvalue weighted by Gasteiger charge is -2.12. The minimum absolute atomic E-state index is 0. The first kappa shape index (κ1) is 24.3. The molecule has 0 spiro atoms. The van der Waals surface area contributed by atoms with E-state index in [1.54, 1.807) is 13.0 Å². The lowest BCUT2D eigenvalue weighted by atomic mass is 10.1. The average Bonchev–Trinajstić information content (AvgIpc) is 3.13. The molecular formula is C21H28IN3O4S. The third-order valence-electron chi connectivity index (χ3n) is 4.55. The van der Waals surface area contributed by atoms with Crippen LogP contribution in [-0.4, -0.2) is 40.5 Å². The van der Waals surface area contributed by atoms with Crippen molar-refractivity contribution in [2.24, 2.45) is 4.99 Å². The summed E-state index contributed by atoms with van der Waals surface area (Å²) in [4.78, 5) is 4.97. The Morgan fingerprint density at radius 2 is 1.80 bits per heavy atom. The fourth-order valence-electron chi connectivity index (χ4n) is 3.16. The zero-order valence-electron chi connectivity index (χ0n) is 17.4. The number of guanidine groups is 1. The number of hydrogen-bond donors (Lipinski definition) is 2. The second-order valence-corrected chi connectivity index (χ2v) is 8.92. The molecule has 0 bridgehead atoms. The van der Waals surface area contributed by atoms with E-state index in [0.717, 1.165) is 53.7 Å². The molecule has 0 aromatic heterocycles. The smallest absolute Gasteiger partial charge is 0.231 e. The summed E-state index contributed by atoms with van der Waals surface area (Å²) in [5.74, 6) is 2.29. The van der Waals surface area contributed by atoms with Gasteiger partial charge in [-0.1, -0.05) is 18.2 Å². The van der Waals surface area contributed by atoms with Gasteiger partial charge in [0.25, 0.3) is 0 Å². The lowest BCUT2D eigenvalue weighted by Crippen LogP contribution is -2.38. The van der Waals surface area contributed by atoms with Gasteiger partial charge in [0.15, 0.2) is 27.3 Å². The molecule has 1 aliphatic rings. The Hall–Kier alpha value is -2.01. The fraction of sp³-hybridized carbons (Fsp3) is 0.381. The summed E-state index contributed by atoms with van der Waals surface area (Å²) in [6, 6.07) is 11.3. The fourth-order valence-corrected chi connectivity index (χ4v) is 4.12. The van der Waals surface area contributed by atoms with Crippen LogP contribution in [0.3, 0.4) is 0 Å². The van der Waals surface area contributed by atoms with E-state index in [2.05, 4.69) is 15.6 Å². The molecule has 2 N–H and O–H groups in total. The van der Waals surface area contributed by atoms with E-state index in [-0.39, 0.29) is 30.8 Å². The molecule has 164 valence electrons. The second kappa shape index (κ2) is 10.9. The highest BCUT2D eigenvalue weighted by atomic mass is 127. The maximum Gasteiger partial charge on any atom is 0.231 e. The Bertz CT molecular complexity index is 1010. The largest absolute Gasteiger partial charge is 0.454 e. The first-order chi connectivity index (χ1) is 13.9. The zero-order chi connectivity index (χ0) is 20.9. The SMILES string of the molecule is CCNC(=NCc1ccc(S(C)(=O)=O)c(C)c1)NCCc1ccc2c(c1)OCO2.I. The molecule has 0 fully saturated rings. The predicted molar refractivity (Wildman–Crippen MR) is 129 cm³/mol. The summed E-state index contributed by atoms with van der Waals surface area (Å²) >= 11 is 0. The highest BCUT2D eigenvalue weighted by molar-refractivity contribution is 14.0. The van der Waals surface area contributed by atoms with Crippen LogP contribution in [0, 0.1) is 6.92 Å². The predicted octanol–water partition coefficient (Wildman–Crippen LogP) is 3.04. The molecule has 2 aromatic carbocycles. The van der Waals surface area contributed by atoms with E-state index in [1.807, 2.05) is 37.3 Å². The van der Waals surface area contributed by atoms with Crippen LogP contribution in [0.4, 0.5) is 0 Å². The molecule has 3 rings (SSSR count). The molecule has 0 atom stereocenters. The van der Waals surface area contributed by atoms with E-state index in [4.69, 9.17) is 9.47 Å². The van der Waals surface area contributed by atoms with Crippen LogP contribution in [0.15, 0.2) is 46.3 Å². The van der Waals surface area contributed by atoms with Crippen LogP contribution >= 0.6 is 24.0 Å². The van der Waals surface area contributed by atoms with Crippen molar-refractivity contribution in [3.8, 4) is 11.5 Å². The molecule has 1 aliphatic heterocycles. The van der Waals surface area contributed by atoms with Gasteiger partial charge in [0.05, 0.1) is 11.4 Å². The quantitative estimate of drug-likeness (QED) is 0.316. The van der Waals surface area contributed by atoms with Crippen molar-refractivity contribution in [2.75, 3.05) is 26.1 Å². The van der Waals surface area contributed by atoms with Gasteiger partial charge >= 0.3 is 0 Å². The molecule has 9 heteroatoms. The second-order valence-electron chi connectivity index (χ2n) is 6.93. The lowest BCUT2D eigenvalue weighted by molar-refractivity contribution is 0.174. The molecule has 0 saturated carbocycles. The van der Waals surface area contributed by atoms with Gasteiger partial charge in [-0.3, -0.25) is 0 Å². The molecule has 0 unspecified atom stereocenters. The van der Waals surface area contributed by atoms with Crippen LogP contribution in [0.5, 0.6) is 11.5 Å². The minimum Gasteiger partial charge on any atom is -0.454 e. The van der Waals surface area contributed by atoms with Crippen molar-refractivity contribution < 1.29 is 17.9 Å². The molecule has 2 aromatic rings. The molecule has 0 radical (unpaired) electrons. The van der Waals surface area contributed by atoms with Crippen molar-refractivity contribution in [2.45, 2.75) is 31.7 Å². The monoisotopic (exact) mass is 545 g/mol. The van der Waals surface area contributed by atoms with Gasteiger partial charge in [-0.25, -0.2) is 13.4 Å². The van der Waals surface area contributed by atoms with Gasteiger partial charge in [0.2, 0.25) is 6.79 Å². The average molecular weight is 545 g/mol. The standard InChI is InChI=1S/C21H27N3O4S.HI/c1-4-22-21(23-10-9-16-5-7-18-19(12-16)28-14-27-18)24-13-17-6-8-20(15(2)11-17)29(3,25)26;/h5-8,11-12H,4,9-10,13-14H2,1-3H3,(H2,22,23,24);1H. The summed E-state index contributed by atoms with van der Waals surface area (Å²) in [5, 5.41) is 6.56. The normalized spacial score (nSPS) is 13.0. The molecular weight excluding hydrogens is 517 g/mol. The Balaban J connectivity index is 0.00000320. The Morgan fingerprint density at radius 1 is 1.07 bits per heavy atom. The Labute approximate surface area is 195 Å². The zero-order valence-corrected chi connectivity index (χ0v) is 20.5. The van der Waals surface area contributed by atoms with E-state index < -0.39 is 9.84 Å². The highest BCUT2D eigenvalue weighted by Gasteiger charge is 2.13. The summed E-state index contributed by atoms with van der Waals surface area (Å²) in [7, 11) is -3.21. The van der Waals surface area contributed by atoms with Crippen molar-refractivity contribution >= 4 is 39.8 Å². The number of halogens is 1. The Kier molecular flexibility index (Phi) is 8.78. The number of ether oxygens (including phenoxy) is 2. The summed E-state index contributed by atoms with van der Waals surface area (Å²) in [6.07, 6.45) is 2.05. The minimum atomic E-state index is -3.21. The van der Waals surface area contributed by atoms with Gasteiger partial charge in [0, 0.05) is 19.3 Å². The number of rotatable bonds is 7. The molecule has 0 amide bonds. The number of nitrogens with one attached hydrogen (secondary N) is 2. The third-order valence-corrected chi connectivity index (χ3v) is 5.80. The van der Waals surface area contributed by atoms with E-state index >= 15 is 0 Å². The van der Waals surface area contributed by atoms with Crippen LogP contribution in [0.1, 0.15) is 23.6 Å². The van der Waals surface area contributed by atoms with Gasteiger partial charge < -0.3 is 20.1 Å². The number of hydrogen-bond acceptors (Lipinski definition) is 5. The molecule has 30 heavy (non-hydrogen) atoms. The number of sulfone groups is 1. The van der Waals surface area contributed by atoms with Crippen molar-refractivity contribution in [1.29, 1.82) is 0 Å². The topological polar surface area (TPSA) is 89.0 Å². The van der Waals surface area contributed by atoms with Gasteiger partial charge in [-0.05, 0) is 55.2 Å². The van der Waals surface area contributed by atoms with Gasteiger partial charge in [-0.2, -0.15) is 0 Å². The van der Waals surface area contributed by atoms with Crippen molar-refractivity contribution in [3.63, 3.8) is 0 Å². The first-order valence-electron chi connectivity index (χ1n) is 9.57. The molecule has 0 aliphatic carbocycles. The van der Waals surface area contributed by atoms with E-state index in [0.29, 0.717) is 11.4 Å². The molecule has 0 saturated heterocycles. The molecule has 1 heterocycles. The maximum absolute atomic E-state index is 11.8. The summed E-state index contributed by atoms with van der Waals surface area (Å²) < 4.78 is 34.3. The first-order valence-corrected chi connectivity index (χ1v) is 11.5. The van der Waals surface area contributed by atoms with Crippen LogP contribution in [0.2, 0.25) is 0 Å². The van der Waals surface area contributed by atoms with Crippen LogP contribution in [0.25, 0.3) is 0 Å². The maximum atomic E-state index is 11.8. The highest BCUT2D eigenvalue weighted by Crippen LogP contribution is 2.32. The summed E-state index contributed by atoms with van der Waals surface area (Å²) in [6.45, 7) is 6.03. The number of benzene rings is 2. The van der Waals surface area contributed by atoms with E-state index in [1.165, 1.54) is 6.26 Å². The van der Waals surface area contributed by atoms with Gasteiger partial charge in [0.1, 0.15) is 0 Å². The third kappa shape index (κ3) is 6.49. The Morgan fingerprint density at radius 3 is 2.50 bits per heavy atom. The van der Waals surface area contributed by atoms with Crippen molar-refractivity contribution in [3.05, 3.63) is 53.1 Å². The number of aryl methyl sites for hydroxylation is 1. The number of nitrogens with zero attached hydrogens (tertiary/aromatic N) is 1. The summed E-state index contributed by atoms with van der Waals surface area (Å²) in [5.41, 5.74) is 2.86. The number of fused-ring (bicyclic) bond motifs is 1.